The number of rotatable bonds is 2. The molecule has 1 heterocycles. The summed E-state index contributed by atoms with van der Waals surface area (Å²) in [6, 6.07) is 7.45. The molecule has 0 fully saturated rings. The second kappa shape index (κ2) is 4.68. The van der Waals surface area contributed by atoms with Crippen LogP contribution in [0, 0.1) is 0 Å². The van der Waals surface area contributed by atoms with Crippen molar-refractivity contribution in [2.24, 2.45) is 0 Å². The highest BCUT2D eigenvalue weighted by Gasteiger charge is 2.37. The molecule has 1 aliphatic carbocycles. The zero-order valence-corrected chi connectivity index (χ0v) is 12.0. The Morgan fingerprint density at radius 1 is 1.35 bits per heavy atom. The van der Waals surface area contributed by atoms with Crippen molar-refractivity contribution in [2.45, 2.75) is 26.0 Å². The molecule has 2 aliphatic rings. The summed E-state index contributed by atoms with van der Waals surface area (Å²) >= 11 is 1.43. The summed E-state index contributed by atoms with van der Waals surface area (Å²) in [7, 11) is 0. The van der Waals surface area contributed by atoms with Gasteiger partial charge in [0.15, 0.2) is 0 Å². The maximum Gasteiger partial charge on any atom is 0.334 e. The molecule has 0 bridgehead atoms. The molecule has 104 valence electrons. The van der Waals surface area contributed by atoms with Crippen LogP contribution in [0.1, 0.15) is 31.1 Å². The van der Waals surface area contributed by atoms with E-state index in [1.807, 2.05) is 42.4 Å². The van der Waals surface area contributed by atoms with Crippen LogP contribution in [-0.2, 0) is 4.79 Å². The zero-order chi connectivity index (χ0) is 14.4. The lowest BCUT2D eigenvalue weighted by atomic mass is 10.1. The Bertz CT molecular complexity index is 650. The van der Waals surface area contributed by atoms with E-state index in [-0.39, 0.29) is 6.04 Å². The van der Waals surface area contributed by atoms with Gasteiger partial charge in [0, 0.05) is 10.5 Å². The number of nitrogens with zero attached hydrogens (tertiary/aromatic N) is 1. The molecule has 0 aromatic heterocycles. The summed E-state index contributed by atoms with van der Waals surface area (Å²) in [5.41, 5.74) is 3.16. The van der Waals surface area contributed by atoms with E-state index in [2.05, 4.69) is 0 Å². The minimum atomic E-state index is -0.877. The van der Waals surface area contributed by atoms with Gasteiger partial charge in [-0.3, -0.25) is 0 Å². The van der Waals surface area contributed by atoms with Crippen molar-refractivity contribution in [3.05, 3.63) is 51.9 Å². The van der Waals surface area contributed by atoms with Crippen molar-refractivity contribution in [1.82, 2.24) is 4.31 Å². The number of aliphatic carboxylic acids is 1. The smallest absolute Gasteiger partial charge is 0.334 e. The van der Waals surface area contributed by atoms with Crippen LogP contribution in [0.4, 0.5) is 0 Å². The van der Waals surface area contributed by atoms with Crippen molar-refractivity contribution in [1.29, 1.82) is 0 Å². The number of carboxylic acid groups (broad SMARTS) is 1. The predicted octanol–water partition coefficient (Wildman–Crippen LogP) is 2.79. The van der Waals surface area contributed by atoms with Gasteiger partial charge in [0.1, 0.15) is 6.10 Å². The number of aliphatic hydroxyl groups excluding tert-OH is 1. The molecule has 1 aromatic rings. The van der Waals surface area contributed by atoms with E-state index in [0.29, 0.717) is 5.57 Å². The second-order valence-electron chi connectivity index (χ2n) is 4.95. The predicted molar refractivity (Wildman–Crippen MR) is 78.6 cm³/mol. The largest absolute Gasteiger partial charge is 0.478 e. The van der Waals surface area contributed by atoms with Gasteiger partial charge in [-0.2, -0.15) is 0 Å². The number of carboxylic acids is 1. The molecule has 2 atom stereocenters. The number of allylic oxidation sites excluding steroid dienone is 1. The van der Waals surface area contributed by atoms with E-state index in [1.54, 1.807) is 6.08 Å². The lowest BCUT2D eigenvalue weighted by Crippen LogP contribution is -2.25. The van der Waals surface area contributed by atoms with Crippen LogP contribution in [-0.4, -0.2) is 26.5 Å². The standard InChI is InChI=1S/C15H15NO3S/c1-8-14(15(18)19)9(2)20-16(8)12-7-13(17)11-6-4-3-5-10(11)12/h3-8,13,17H,1-2H3,(H,18,19). The zero-order valence-electron chi connectivity index (χ0n) is 11.2. The van der Waals surface area contributed by atoms with E-state index in [0.717, 1.165) is 21.7 Å². The molecule has 20 heavy (non-hydrogen) atoms. The molecule has 0 radical (unpaired) electrons. The molecule has 0 amide bonds. The van der Waals surface area contributed by atoms with Crippen LogP contribution in [0.25, 0.3) is 5.70 Å². The summed E-state index contributed by atoms with van der Waals surface area (Å²) < 4.78 is 1.97. The Labute approximate surface area is 121 Å². The molecule has 1 aromatic carbocycles. The van der Waals surface area contributed by atoms with Gasteiger partial charge in [0.25, 0.3) is 0 Å². The first-order valence-electron chi connectivity index (χ1n) is 6.41. The van der Waals surface area contributed by atoms with Crippen LogP contribution < -0.4 is 0 Å². The van der Waals surface area contributed by atoms with Crippen LogP contribution in [0.3, 0.4) is 0 Å². The first-order chi connectivity index (χ1) is 9.50. The first-order valence-corrected chi connectivity index (χ1v) is 7.18. The van der Waals surface area contributed by atoms with Crippen LogP contribution in [0.5, 0.6) is 0 Å². The van der Waals surface area contributed by atoms with E-state index < -0.39 is 12.1 Å². The van der Waals surface area contributed by atoms with Crippen molar-refractivity contribution in [3.63, 3.8) is 0 Å². The molecule has 0 saturated heterocycles. The Kier molecular flexibility index (Phi) is 3.11. The maximum absolute atomic E-state index is 11.3. The van der Waals surface area contributed by atoms with Gasteiger partial charge in [-0.05, 0) is 37.4 Å². The number of aliphatic hydroxyl groups is 1. The summed E-state index contributed by atoms with van der Waals surface area (Å²) in [4.78, 5) is 12.1. The number of benzene rings is 1. The van der Waals surface area contributed by atoms with E-state index in [4.69, 9.17) is 0 Å². The molecule has 2 unspecified atom stereocenters. The monoisotopic (exact) mass is 289 g/mol. The van der Waals surface area contributed by atoms with Gasteiger partial charge in [0.2, 0.25) is 0 Å². The summed E-state index contributed by atoms with van der Waals surface area (Å²) in [6.07, 6.45) is 1.16. The summed E-state index contributed by atoms with van der Waals surface area (Å²) in [5, 5.41) is 19.4. The van der Waals surface area contributed by atoms with Gasteiger partial charge in [-0.1, -0.05) is 24.3 Å². The van der Waals surface area contributed by atoms with Crippen molar-refractivity contribution in [2.75, 3.05) is 0 Å². The third-order valence-corrected chi connectivity index (χ3v) is 4.93. The topological polar surface area (TPSA) is 60.8 Å². The van der Waals surface area contributed by atoms with Gasteiger partial charge >= 0.3 is 5.97 Å². The third kappa shape index (κ3) is 1.85. The number of hydrogen-bond acceptors (Lipinski definition) is 4. The van der Waals surface area contributed by atoms with E-state index >= 15 is 0 Å². The normalized spacial score (nSPS) is 24.9. The quantitative estimate of drug-likeness (QED) is 0.820. The number of fused-ring (bicyclic) bond motifs is 1. The molecule has 5 heteroatoms. The Morgan fingerprint density at radius 3 is 2.70 bits per heavy atom. The van der Waals surface area contributed by atoms with E-state index in [9.17, 15) is 15.0 Å². The Balaban J connectivity index is 1.98. The molecule has 0 saturated carbocycles. The van der Waals surface area contributed by atoms with E-state index in [1.165, 1.54) is 11.9 Å². The molecule has 2 N–H and O–H groups in total. The lowest BCUT2D eigenvalue weighted by molar-refractivity contribution is -0.133. The fourth-order valence-corrected chi connectivity index (χ4v) is 3.96. The fourth-order valence-electron chi connectivity index (χ4n) is 2.78. The van der Waals surface area contributed by atoms with Crippen molar-refractivity contribution >= 4 is 23.6 Å². The van der Waals surface area contributed by atoms with Crippen LogP contribution in [0.2, 0.25) is 0 Å². The molecular formula is C15H15NO3S. The highest BCUT2D eigenvalue weighted by atomic mass is 32.2. The average molecular weight is 289 g/mol. The van der Waals surface area contributed by atoms with Crippen molar-refractivity contribution in [3.8, 4) is 0 Å². The minimum absolute atomic E-state index is 0.220. The SMILES string of the molecule is CC1=C(C(=O)O)C(C)N(C2=CC(O)c3ccccc32)S1. The van der Waals surface area contributed by atoms with Gasteiger partial charge < -0.3 is 14.5 Å². The summed E-state index contributed by atoms with van der Waals surface area (Å²) in [6.45, 7) is 3.70. The van der Waals surface area contributed by atoms with Gasteiger partial charge in [0.05, 0.1) is 17.3 Å². The lowest BCUT2D eigenvalue weighted by Gasteiger charge is -2.25. The van der Waals surface area contributed by atoms with Crippen LogP contribution >= 0.6 is 11.9 Å². The fraction of sp³-hybridized carbons (Fsp3) is 0.267. The summed E-state index contributed by atoms with van der Waals surface area (Å²) in [5.74, 6) is -0.877. The first kappa shape index (κ1) is 13.3. The molecule has 3 rings (SSSR count). The second-order valence-corrected chi connectivity index (χ2v) is 6.14. The number of carbonyl (C=O) groups is 1. The maximum atomic E-state index is 11.3. The average Bonchev–Trinajstić information content (AvgIpc) is 2.88. The number of hydrogen-bond donors (Lipinski definition) is 2. The molecule has 4 nitrogen and oxygen atoms in total. The Morgan fingerprint density at radius 2 is 2.05 bits per heavy atom. The highest BCUT2D eigenvalue weighted by molar-refractivity contribution is 8.01. The van der Waals surface area contributed by atoms with Gasteiger partial charge in [-0.25, -0.2) is 4.79 Å². The molecule has 1 aliphatic heterocycles. The molecular weight excluding hydrogens is 274 g/mol. The van der Waals surface area contributed by atoms with Gasteiger partial charge in [-0.15, -0.1) is 0 Å². The van der Waals surface area contributed by atoms with Crippen molar-refractivity contribution < 1.29 is 15.0 Å². The third-order valence-electron chi connectivity index (χ3n) is 3.72. The highest BCUT2D eigenvalue weighted by Crippen LogP contribution is 2.47. The Hall–Kier alpha value is -1.72. The molecule has 0 spiro atoms. The van der Waals surface area contributed by atoms with Crippen LogP contribution in [0.15, 0.2) is 40.8 Å². The minimum Gasteiger partial charge on any atom is -0.478 e.